The van der Waals surface area contributed by atoms with Crippen LogP contribution in [0.2, 0.25) is 0 Å². The first kappa shape index (κ1) is 16.6. The summed E-state index contributed by atoms with van der Waals surface area (Å²) < 4.78 is 7.54. The van der Waals surface area contributed by atoms with Gasteiger partial charge in [-0.25, -0.2) is 0 Å². The number of nitrogens with one attached hydrogen (secondary N) is 1. The molecule has 2 aliphatic heterocycles. The minimum absolute atomic E-state index is 0.109. The van der Waals surface area contributed by atoms with Crippen LogP contribution in [-0.2, 0) is 33.8 Å². The molecule has 3 heterocycles. The Morgan fingerprint density at radius 1 is 1.24 bits per heavy atom. The van der Waals surface area contributed by atoms with Gasteiger partial charge in [-0.3, -0.25) is 14.3 Å². The Labute approximate surface area is 147 Å². The number of aryl methyl sites for hydroxylation is 2. The summed E-state index contributed by atoms with van der Waals surface area (Å²) in [5, 5.41) is 7.65. The van der Waals surface area contributed by atoms with E-state index < -0.39 is 0 Å². The molecule has 1 N–H and O–H groups in total. The van der Waals surface area contributed by atoms with E-state index in [0.29, 0.717) is 32.0 Å². The lowest BCUT2D eigenvalue weighted by molar-refractivity contribution is -0.141. The first-order valence-corrected chi connectivity index (χ1v) is 9.44. The molecule has 25 heavy (non-hydrogen) atoms. The van der Waals surface area contributed by atoms with Crippen LogP contribution in [0.15, 0.2) is 6.07 Å². The van der Waals surface area contributed by atoms with Gasteiger partial charge in [0.2, 0.25) is 5.91 Å². The molecule has 0 aromatic carbocycles. The van der Waals surface area contributed by atoms with Gasteiger partial charge in [0.15, 0.2) is 0 Å². The maximum atomic E-state index is 12.6. The number of ether oxygens (including phenoxy) is 1. The number of hydrogen-bond donors (Lipinski definition) is 1. The van der Waals surface area contributed by atoms with Crippen LogP contribution in [0, 0.1) is 0 Å². The molecule has 2 amide bonds. The Balaban J connectivity index is 1.36. The number of rotatable bonds is 5. The average molecular weight is 346 g/mol. The second-order valence-electron chi connectivity index (χ2n) is 7.31. The molecule has 1 aromatic rings. The zero-order valence-electron chi connectivity index (χ0n) is 14.6. The van der Waals surface area contributed by atoms with Gasteiger partial charge in [0.05, 0.1) is 17.9 Å². The fourth-order valence-electron chi connectivity index (χ4n) is 3.58. The van der Waals surface area contributed by atoms with E-state index >= 15 is 0 Å². The molecule has 4 rings (SSSR count). The highest BCUT2D eigenvalue weighted by Gasteiger charge is 2.30. The second-order valence-corrected chi connectivity index (χ2v) is 7.31. The minimum Gasteiger partial charge on any atom is -0.368 e. The predicted molar refractivity (Wildman–Crippen MR) is 90.7 cm³/mol. The Morgan fingerprint density at radius 2 is 2.12 bits per heavy atom. The van der Waals surface area contributed by atoms with Crippen LogP contribution in [0.4, 0.5) is 0 Å². The van der Waals surface area contributed by atoms with Crippen LogP contribution >= 0.6 is 0 Å². The molecular weight excluding hydrogens is 320 g/mol. The van der Waals surface area contributed by atoms with Crippen LogP contribution in [0.25, 0.3) is 0 Å². The van der Waals surface area contributed by atoms with Crippen LogP contribution in [0.1, 0.15) is 49.9 Å². The van der Waals surface area contributed by atoms with Crippen molar-refractivity contribution < 1.29 is 14.3 Å². The largest absolute Gasteiger partial charge is 0.368 e. The predicted octanol–water partition coefficient (Wildman–Crippen LogP) is 1.01. The molecule has 136 valence electrons. The molecule has 1 saturated heterocycles. The standard InChI is InChI=1S/C18H26N4O3/c23-17(19-13-4-5-13)7-6-14-11-15-12-21(8-2-9-22(15)20-14)18(24)16-3-1-10-25-16/h11,13,16H,1-10,12H2,(H,19,23)/t16-/m1/s1. The highest BCUT2D eigenvalue weighted by Crippen LogP contribution is 2.21. The van der Waals surface area contributed by atoms with Crippen molar-refractivity contribution in [3.8, 4) is 0 Å². The van der Waals surface area contributed by atoms with Gasteiger partial charge < -0.3 is 15.0 Å². The van der Waals surface area contributed by atoms with Gasteiger partial charge in [-0.2, -0.15) is 5.10 Å². The lowest BCUT2D eigenvalue weighted by Crippen LogP contribution is -2.38. The van der Waals surface area contributed by atoms with E-state index in [0.717, 1.165) is 56.6 Å². The SMILES string of the molecule is O=C(CCc1cc2n(n1)CCCN(C(=O)[C@H]1CCCO1)C2)NC1CC1. The summed E-state index contributed by atoms with van der Waals surface area (Å²) in [6.07, 6.45) is 5.78. The fraction of sp³-hybridized carbons (Fsp3) is 0.722. The molecule has 2 fully saturated rings. The molecular formula is C18H26N4O3. The molecule has 3 aliphatic rings. The lowest BCUT2D eigenvalue weighted by atomic mass is 10.2. The van der Waals surface area contributed by atoms with E-state index in [1.165, 1.54) is 0 Å². The molecule has 1 saturated carbocycles. The molecule has 0 radical (unpaired) electrons. The van der Waals surface area contributed by atoms with Crippen LogP contribution in [0.3, 0.4) is 0 Å². The Kier molecular flexibility index (Phi) is 4.74. The number of fused-ring (bicyclic) bond motifs is 1. The quantitative estimate of drug-likeness (QED) is 0.863. The van der Waals surface area contributed by atoms with Gasteiger partial charge in [0.25, 0.3) is 5.91 Å². The van der Waals surface area contributed by atoms with E-state index in [1.54, 1.807) is 0 Å². The van der Waals surface area contributed by atoms with Crippen LogP contribution in [-0.4, -0.2) is 51.8 Å². The summed E-state index contributed by atoms with van der Waals surface area (Å²) >= 11 is 0. The molecule has 1 aromatic heterocycles. The van der Waals surface area contributed by atoms with Crippen molar-refractivity contribution >= 4 is 11.8 Å². The Bertz CT molecular complexity index is 647. The van der Waals surface area contributed by atoms with Crippen molar-refractivity contribution in [1.82, 2.24) is 20.0 Å². The molecule has 1 aliphatic carbocycles. The molecule has 7 heteroatoms. The maximum Gasteiger partial charge on any atom is 0.252 e. The van der Waals surface area contributed by atoms with E-state index in [2.05, 4.69) is 10.4 Å². The number of aromatic nitrogens is 2. The molecule has 1 atom stereocenters. The minimum atomic E-state index is -0.264. The highest BCUT2D eigenvalue weighted by atomic mass is 16.5. The van der Waals surface area contributed by atoms with Crippen molar-refractivity contribution in [2.45, 2.75) is 70.2 Å². The number of nitrogens with zero attached hydrogens (tertiary/aromatic N) is 3. The maximum absolute atomic E-state index is 12.6. The number of hydrogen-bond acceptors (Lipinski definition) is 4. The average Bonchev–Trinajstić information content (AvgIpc) is 3.15. The molecule has 0 unspecified atom stereocenters. The van der Waals surface area contributed by atoms with Crippen molar-refractivity contribution in [2.24, 2.45) is 0 Å². The second kappa shape index (κ2) is 7.15. The normalized spacial score (nSPS) is 23.2. The van der Waals surface area contributed by atoms with E-state index in [-0.39, 0.29) is 17.9 Å². The van der Waals surface area contributed by atoms with Crippen molar-refractivity contribution in [2.75, 3.05) is 13.2 Å². The lowest BCUT2D eigenvalue weighted by Gasteiger charge is -2.23. The van der Waals surface area contributed by atoms with Gasteiger partial charge in [-0.05, 0) is 38.2 Å². The third-order valence-corrected chi connectivity index (χ3v) is 5.13. The Morgan fingerprint density at radius 3 is 2.88 bits per heavy atom. The van der Waals surface area contributed by atoms with Crippen molar-refractivity contribution in [3.05, 3.63) is 17.5 Å². The van der Waals surface area contributed by atoms with Gasteiger partial charge >= 0.3 is 0 Å². The summed E-state index contributed by atoms with van der Waals surface area (Å²) in [6, 6.07) is 2.45. The molecule has 0 spiro atoms. The smallest absolute Gasteiger partial charge is 0.252 e. The molecule has 7 nitrogen and oxygen atoms in total. The zero-order valence-corrected chi connectivity index (χ0v) is 14.6. The van der Waals surface area contributed by atoms with Crippen LogP contribution in [0.5, 0.6) is 0 Å². The van der Waals surface area contributed by atoms with Gasteiger partial charge in [0, 0.05) is 38.6 Å². The third-order valence-electron chi connectivity index (χ3n) is 5.13. The topological polar surface area (TPSA) is 76.5 Å². The Hall–Kier alpha value is -1.89. The van der Waals surface area contributed by atoms with Crippen molar-refractivity contribution in [3.63, 3.8) is 0 Å². The van der Waals surface area contributed by atoms with Gasteiger partial charge in [-0.1, -0.05) is 0 Å². The van der Waals surface area contributed by atoms with Crippen LogP contribution < -0.4 is 5.32 Å². The van der Waals surface area contributed by atoms with E-state index in [9.17, 15) is 9.59 Å². The molecule has 0 bridgehead atoms. The summed E-state index contributed by atoms with van der Waals surface area (Å²) in [5.74, 6) is 0.221. The summed E-state index contributed by atoms with van der Waals surface area (Å²) in [4.78, 5) is 26.4. The first-order valence-electron chi connectivity index (χ1n) is 9.44. The van der Waals surface area contributed by atoms with Gasteiger partial charge in [-0.15, -0.1) is 0 Å². The summed E-state index contributed by atoms with van der Waals surface area (Å²) in [7, 11) is 0. The highest BCUT2D eigenvalue weighted by molar-refractivity contribution is 5.81. The summed E-state index contributed by atoms with van der Waals surface area (Å²) in [6.45, 7) is 2.84. The van der Waals surface area contributed by atoms with Gasteiger partial charge in [0.1, 0.15) is 6.10 Å². The zero-order chi connectivity index (χ0) is 17.2. The fourth-order valence-corrected chi connectivity index (χ4v) is 3.58. The van der Waals surface area contributed by atoms with Crippen molar-refractivity contribution in [1.29, 1.82) is 0 Å². The first-order chi connectivity index (χ1) is 12.2. The number of amides is 2. The van der Waals surface area contributed by atoms with E-state index in [1.807, 2.05) is 15.6 Å². The summed E-state index contributed by atoms with van der Waals surface area (Å²) in [5.41, 5.74) is 1.99. The van der Waals surface area contributed by atoms with E-state index in [4.69, 9.17) is 4.74 Å². The number of carbonyl (C=O) groups is 2. The number of carbonyl (C=O) groups excluding carboxylic acids is 2. The third kappa shape index (κ3) is 4.03. The monoisotopic (exact) mass is 346 g/mol.